The standard InChI is InChI=1S/C19H19N3O3/c1-13-6-5-8-16(10-13)25-17-9-4-3-7-15(17)12-20-18(23)11-19-22-21-14(2)24-19/h3-10H,11-12H2,1-2H3,(H,20,23). The topological polar surface area (TPSA) is 77.2 Å². The highest BCUT2D eigenvalue weighted by Crippen LogP contribution is 2.25. The van der Waals surface area contributed by atoms with Crippen LogP contribution in [0.25, 0.3) is 0 Å². The molecule has 3 rings (SSSR count). The van der Waals surface area contributed by atoms with Crippen molar-refractivity contribution in [1.82, 2.24) is 15.5 Å². The molecule has 0 bridgehead atoms. The normalized spacial score (nSPS) is 10.5. The van der Waals surface area contributed by atoms with Crippen molar-refractivity contribution in [1.29, 1.82) is 0 Å². The molecule has 1 aromatic heterocycles. The van der Waals surface area contributed by atoms with E-state index >= 15 is 0 Å². The number of hydrogen-bond acceptors (Lipinski definition) is 5. The van der Waals surface area contributed by atoms with Crippen molar-refractivity contribution in [2.45, 2.75) is 26.8 Å². The Kier molecular flexibility index (Phi) is 5.09. The van der Waals surface area contributed by atoms with Crippen LogP contribution in [0.1, 0.15) is 22.9 Å². The SMILES string of the molecule is Cc1cccc(Oc2ccccc2CNC(=O)Cc2nnc(C)o2)c1. The van der Waals surface area contributed by atoms with Gasteiger partial charge < -0.3 is 14.5 Å². The molecule has 6 heteroatoms. The Morgan fingerprint density at radius 1 is 1.12 bits per heavy atom. The summed E-state index contributed by atoms with van der Waals surface area (Å²) in [5.41, 5.74) is 2.01. The van der Waals surface area contributed by atoms with Gasteiger partial charge in [0.15, 0.2) is 0 Å². The van der Waals surface area contributed by atoms with Crippen LogP contribution < -0.4 is 10.1 Å². The summed E-state index contributed by atoms with van der Waals surface area (Å²) in [7, 11) is 0. The van der Waals surface area contributed by atoms with E-state index in [-0.39, 0.29) is 12.3 Å². The van der Waals surface area contributed by atoms with E-state index in [1.165, 1.54) is 0 Å². The van der Waals surface area contributed by atoms with Crippen LogP contribution in [0.5, 0.6) is 11.5 Å². The second-order valence-corrected chi connectivity index (χ2v) is 5.69. The van der Waals surface area contributed by atoms with Crippen molar-refractivity contribution in [2.24, 2.45) is 0 Å². The molecule has 0 saturated heterocycles. The van der Waals surface area contributed by atoms with Crippen LogP contribution in [-0.4, -0.2) is 16.1 Å². The van der Waals surface area contributed by atoms with Crippen LogP contribution >= 0.6 is 0 Å². The van der Waals surface area contributed by atoms with Gasteiger partial charge in [0.25, 0.3) is 0 Å². The summed E-state index contributed by atoms with van der Waals surface area (Å²) in [4.78, 5) is 12.0. The summed E-state index contributed by atoms with van der Waals surface area (Å²) in [6.45, 7) is 4.06. The van der Waals surface area contributed by atoms with Gasteiger partial charge in [-0.2, -0.15) is 0 Å². The maximum absolute atomic E-state index is 12.0. The lowest BCUT2D eigenvalue weighted by atomic mass is 10.2. The largest absolute Gasteiger partial charge is 0.457 e. The lowest BCUT2D eigenvalue weighted by Crippen LogP contribution is -2.24. The van der Waals surface area contributed by atoms with Crippen molar-refractivity contribution < 1.29 is 13.9 Å². The van der Waals surface area contributed by atoms with E-state index in [4.69, 9.17) is 9.15 Å². The van der Waals surface area contributed by atoms with E-state index in [0.29, 0.717) is 24.1 Å². The first-order chi connectivity index (χ1) is 12.1. The minimum Gasteiger partial charge on any atom is -0.457 e. The molecule has 0 unspecified atom stereocenters. The molecule has 1 N–H and O–H groups in total. The van der Waals surface area contributed by atoms with Crippen molar-refractivity contribution in [3.05, 3.63) is 71.4 Å². The first kappa shape index (κ1) is 16.7. The zero-order valence-electron chi connectivity index (χ0n) is 14.2. The van der Waals surface area contributed by atoms with Crippen LogP contribution in [-0.2, 0) is 17.8 Å². The number of nitrogens with one attached hydrogen (secondary N) is 1. The van der Waals surface area contributed by atoms with Crippen molar-refractivity contribution in [3.63, 3.8) is 0 Å². The number of rotatable bonds is 6. The quantitative estimate of drug-likeness (QED) is 0.746. The second kappa shape index (κ2) is 7.61. The molecule has 0 aliphatic rings. The maximum Gasteiger partial charge on any atom is 0.229 e. The third kappa shape index (κ3) is 4.67. The molecule has 0 spiro atoms. The second-order valence-electron chi connectivity index (χ2n) is 5.69. The fourth-order valence-corrected chi connectivity index (χ4v) is 2.36. The summed E-state index contributed by atoms with van der Waals surface area (Å²) in [5, 5.41) is 10.4. The van der Waals surface area contributed by atoms with Gasteiger partial charge in [0.05, 0.1) is 0 Å². The molecular weight excluding hydrogens is 318 g/mol. The molecule has 6 nitrogen and oxygen atoms in total. The molecule has 2 aromatic carbocycles. The maximum atomic E-state index is 12.0. The van der Waals surface area contributed by atoms with Gasteiger partial charge in [-0.1, -0.05) is 30.3 Å². The first-order valence-corrected chi connectivity index (χ1v) is 7.98. The van der Waals surface area contributed by atoms with Gasteiger partial charge in [-0.05, 0) is 30.7 Å². The molecule has 1 amide bonds. The number of nitrogens with zero attached hydrogens (tertiary/aromatic N) is 2. The molecule has 0 aliphatic heterocycles. The Morgan fingerprint density at radius 3 is 2.72 bits per heavy atom. The Morgan fingerprint density at radius 2 is 1.96 bits per heavy atom. The number of ether oxygens (including phenoxy) is 1. The van der Waals surface area contributed by atoms with E-state index in [9.17, 15) is 4.79 Å². The predicted molar refractivity (Wildman–Crippen MR) is 92.3 cm³/mol. The third-order valence-electron chi connectivity index (χ3n) is 3.55. The van der Waals surface area contributed by atoms with Crippen LogP contribution in [0.2, 0.25) is 0 Å². The highest BCUT2D eigenvalue weighted by Gasteiger charge is 2.11. The number of aromatic nitrogens is 2. The van der Waals surface area contributed by atoms with E-state index in [1.807, 2.05) is 55.5 Å². The lowest BCUT2D eigenvalue weighted by molar-refractivity contribution is -0.120. The molecule has 0 aliphatic carbocycles. The number of aryl methyl sites for hydroxylation is 2. The molecule has 1 heterocycles. The molecule has 0 saturated carbocycles. The number of para-hydroxylation sites is 1. The molecule has 0 radical (unpaired) electrons. The molecule has 128 valence electrons. The minimum atomic E-state index is -0.186. The molecule has 25 heavy (non-hydrogen) atoms. The summed E-state index contributed by atoms with van der Waals surface area (Å²) >= 11 is 0. The zero-order chi connectivity index (χ0) is 17.6. The first-order valence-electron chi connectivity index (χ1n) is 7.98. The van der Waals surface area contributed by atoms with Crippen LogP contribution in [0.4, 0.5) is 0 Å². The van der Waals surface area contributed by atoms with Gasteiger partial charge in [0.2, 0.25) is 17.7 Å². The summed E-state index contributed by atoms with van der Waals surface area (Å²) in [5.74, 6) is 2.04. The Balaban J connectivity index is 1.63. The van der Waals surface area contributed by atoms with Gasteiger partial charge in [0.1, 0.15) is 17.9 Å². The van der Waals surface area contributed by atoms with Crippen molar-refractivity contribution >= 4 is 5.91 Å². The molecule has 0 fully saturated rings. The Labute approximate surface area is 145 Å². The number of amides is 1. The molecule has 3 aromatic rings. The van der Waals surface area contributed by atoms with Crippen LogP contribution in [0.15, 0.2) is 52.9 Å². The summed E-state index contributed by atoms with van der Waals surface area (Å²) in [6.07, 6.45) is 0.0573. The monoisotopic (exact) mass is 337 g/mol. The van der Waals surface area contributed by atoms with Gasteiger partial charge >= 0.3 is 0 Å². The minimum absolute atomic E-state index is 0.0573. The highest BCUT2D eigenvalue weighted by molar-refractivity contribution is 5.77. The van der Waals surface area contributed by atoms with Crippen molar-refractivity contribution in [3.8, 4) is 11.5 Å². The predicted octanol–water partition coefficient (Wildman–Crippen LogP) is 3.34. The van der Waals surface area contributed by atoms with Gasteiger partial charge in [0, 0.05) is 19.0 Å². The highest BCUT2D eigenvalue weighted by atomic mass is 16.5. The average molecular weight is 337 g/mol. The van der Waals surface area contributed by atoms with Gasteiger partial charge in [-0.3, -0.25) is 4.79 Å². The third-order valence-corrected chi connectivity index (χ3v) is 3.55. The van der Waals surface area contributed by atoms with E-state index < -0.39 is 0 Å². The smallest absolute Gasteiger partial charge is 0.229 e. The Hall–Kier alpha value is -3.15. The van der Waals surface area contributed by atoms with Crippen LogP contribution in [0.3, 0.4) is 0 Å². The lowest BCUT2D eigenvalue weighted by Gasteiger charge is -2.12. The number of hydrogen-bond donors (Lipinski definition) is 1. The fraction of sp³-hybridized carbons (Fsp3) is 0.211. The summed E-state index contributed by atoms with van der Waals surface area (Å²) < 4.78 is 11.2. The van der Waals surface area contributed by atoms with E-state index in [0.717, 1.165) is 16.9 Å². The van der Waals surface area contributed by atoms with Gasteiger partial charge in [-0.25, -0.2) is 0 Å². The number of carbonyl (C=O) groups is 1. The van der Waals surface area contributed by atoms with Crippen LogP contribution in [0, 0.1) is 13.8 Å². The van der Waals surface area contributed by atoms with E-state index in [2.05, 4.69) is 15.5 Å². The number of carbonyl (C=O) groups excluding carboxylic acids is 1. The van der Waals surface area contributed by atoms with Gasteiger partial charge in [-0.15, -0.1) is 10.2 Å². The zero-order valence-corrected chi connectivity index (χ0v) is 14.2. The van der Waals surface area contributed by atoms with Crippen molar-refractivity contribution in [2.75, 3.05) is 0 Å². The fourth-order valence-electron chi connectivity index (χ4n) is 2.36. The van der Waals surface area contributed by atoms with E-state index in [1.54, 1.807) is 6.92 Å². The average Bonchev–Trinajstić information content (AvgIpc) is 2.99. The Bertz CT molecular complexity index is 874. The number of benzene rings is 2. The molecule has 0 atom stereocenters. The summed E-state index contributed by atoms with van der Waals surface area (Å²) in [6, 6.07) is 15.4. The molecular formula is C19H19N3O3.